The lowest BCUT2D eigenvalue weighted by atomic mass is 10.1. The van der Waals surface area contributed by atoms with Crippen LogP contribution in [0.5, 0.6) is 0 Å². The molecule has 0 aliphatic carbocycles. The second kappa shape index (κ2) is 21.6. The highest BCUT2D eigenvalue weighted by molar-refractivity contribution is 5.75. The van der Waals surface area contributed by atoms with E-state index in [4.69, 9.17) is 9.88 Å². The summed E-state index contributed by atoms with van der Waals surface area (Å²) in [7, 11) is 3.21. The summed E-state index contributed by atoms with van der Waals surface area (Å²) in [4.78, 5) is 35.7. The molecule has 0 atom stereocenters. The summed E-state index contributed by atoms with van der Waals surface area (Å²) in [5.74, 6) is -0.0916. The van der Waals surface area contributed by atoms with E-state index < -0.39 is 0 Å². The van der Waals surface area contributed by atoms with Gasteiger partial charge in [-0.3, -0.25) is 9.59 Å². The molecule has 0 aromatic heterocycles. The molecule has 0 unspecified atom stereocenters. The number of carbonyl (C=O) groups is 2. The highest BCUT2D eigenvalue weighted by Crippen LogP contribution is 2.11. The topological polar surface area (TPSA) is 59.1 Å². The summed E-state index contributed by atoms with van der Waals surface area (Å²) in [6.07, 6.45) is 20.5. The van der Waals surface area contributed by atoms with Crippen molar-refractivity contribution in [2.75, 3.05) is 20.8 Å². The van der Waals surface area contributed by atoms with Crippen LogP contribution in [0.15, 0.2) is 25.3 Å². The number of amides is 2. The number of carbonyl (C=O) groups excluding carboxylic acids is 2. The van der Waals surface area contributed by atoms with Crippen molar-refractivity contribution in [3.8, 4) is 0 Å². The first-order chi connectivity index (χ1) is 15.0. The largest absolute Gasteiger partial charge is 0.320 e. The number of hydrogen-bond donors (Lipinski definition) is 0. The van der Waals surface area contributed by atoms with Crippen LogP contribution in [0.4, 0.5) is 0 Å². The molecule has 6 nitrogen and oxygen atoms in total. The molecule has 180 valence electrons. The normalized spacial score (nSPS) is 10.6. The lowest BCUT2D eigenvalue weighted by molar-refractivity contribution is -0.413. The van der Waals surface area contributed by atoms with E-state index >= 15 is 0 Å². The van der Waals surface area contributed by atoms with Crippen molar-refractivity contribution in [1.29, 1.82) is 0 Å². The number of rotatable bonds is 22. The van der Waals surface area contributed by atoms with Crippen molar-refractivity contribution in [3.63, 3.8) is 0 Å². The Morgan fingerprint density at radius 3 is 1.58 bits per heavy atom. The Kier molecular flexibility index (Phi) is 20.4. The molecule has 0 rings (SSSR count). The third kappa shape index (κ3) is 18.8. The van der Waals surface area contributed by atoms with Gasteiger partial charge >= 0.3 is 0 Å². The van der Waals surface area contributed by atoms with Gasteiger partial charge in [-0.1, -0.05) is 63.5 Å². The Bertz CT molecular complexity index is 440. The highest BCUT2D eigenvalue weighted by atomic mass is 17.3. The second-order valence-corrected chi connectivity index (χ2v) is 8.20. The van der Waals surface area contributed by atoms with Gasteiger partial charge < -0.3 is 4.90 Å². The molecule has 6 heteroatoms. The van der Waals surface area contributed by atoms with Crippen LogP contribution in [-0.2, 0) is 19.5 Å². The molecule has 0 spiro atoms. The summed E-state index contributed by atoms with van der Waals surface area (Å²) in [6, 6.07) is 0. The van der Waals surface area contributed by atoms with Gasteiger partial charge in [-0.2, -0.15) is 9.95 Å². The van der Waals surface area contributed by atoms with E-state index in [2.05, 4.69) is 13.2 Å². The molecule has 2 amide bonds. The first kappa shape index (κ1) is 29.3. The quantitative estimate of drug-likeness (QED) is 0.0651. The standard InChI is InChI=1S/C25H46N2O4/c1-5-7-9-11-13-15-17-19-21-24(28)26(3)23-30-31-27(4)25(29)22-20-18-16-14-12-10-8-6-2/h5-6H,1-2,7-23H2,3-4H3. The zero-order valence-electron chi connectivity index (χ0n) is 20.1. The van der Waals surface area contributed by atoms with E-state index in [-0.39, 0.29) is 18.5 Å². The second-order valence-electron chi connectivity index (χ2n) is 8.20. The Hall–Kier alpha value is -1.66. The van der Waals surface area contributed by atoms with Crippen LogP contribution < -0.4 is 0 Å². The van der Waals surface area contributed by atoms with Gasteiger partial charge in [0.1, 0.15) is 0 Å². The summed E-state index contributed by atoms with van der Waals surface area (Å²) in [6.45, 7) is 7.46. The average Bonchev–Trinajstić information content (AvgIpc) is 2.76. The molecule has 0 aliphatic heterocycles. The third-order valence-electron chi connectivity index (χ3n) is 5.29. The smallest absolute Gasteiger partial charge is 0.248 e. The van der Waals surface area contributed by atoms with Gasteiger partial charge in [0.05, 0.1) is 0 Å². The lowest BCUT2D eigenvalue weighted by Gasteiger charge is -2.19. The molecular weight excluding hydrogens is 392 g/mol. The molecular formula is C25H46N2O4. The van der Waals surface area contributed by atoms with Gasteiger partial charge in [0.15, 0.2) is 6.73 Å². The minimum absolute atomic E-state index is 0.00269. The minimum Gasteiger partial charge on any atom is -0.320 e. The number of hydrogen-bond acceptors (Lipinski definition) is 4. The summed E-state index contributed by atoms with van der Waals surface area (Å²) in [5.41, 5.74) is 0. The molecule has 31 heavy (non-hydrogen) atoms. The summed E-state index contributed by atoms with van der Waals surface area (Å²) in [5, 5.41) is 1.11. The lowest BCUT2D eigenvalue weighted by Crippen LogP contribution is -2.32. The molecule has 0 bridgehead atoms. The monoisotopic (exact) mass is 438 g/mol. The molecule has 0 aliphatic rings. The molecule has 0 aromatic carbocycles. The van der Waals surface area contributed by atoms with E-state index in [0.717, 1.165) is 56.4 Å². The molecule has 0 saturated heterocycles. The van der Waals surface area contributed by atoms with Crippen molar-refractivity contribution >= 4 is 11.8 Å². The SMILES string of the molecule is C=CCCCCCCCCC(=O)N(C)COON(C)C(=O)CCCCCCCCC=C. The first-order valence-corrected chi connectivity index (χ1v) is 12.0. The average molecular weight is 439 g/mol. The van der Waals surface area contributed by atoms with Crippen LogP contribution in [0.1, 0.15) is 103 Å². The van der Waals surface area contributed by atoms with Crippen molar-refractivity contribution in [2.45, 2.75) is 103 Å². The van der Waals surface area contributed by atoms with E-state index in [0.29, 0.717) is 12.8 Å². The van der Waals surface area contributed by atoms with Crippen LogP contribution in [0, 0.1) is 0 Å². The van der Waals surface area contributed by atoms with E-state index in [1.54, 1.807) is 7.05 Å². The molecule has 0 saturated carbocycles. The third-order valence-corrected chi connectivity index (χ3v) is 5.29. The van der Waals surface area contributed by atoms with E-state index in [1.807, 2.05) is 12.2 Å². The van der Waals surface area contributed by atoms with Gasteiger partial charge in [-0.05, 0) is 38.5 Å². The molecule has 0 N–H and O–H groups in total. The Labute approximate surface area is 190 Å². The molecule has 0 aromatic rings. The maximum atomic E-state index is 12.1. The maximum Gasteiger partial charge on any atom is 0.248 e. The Balaban J connectivity index is 3.65. The van der Waals surface area contributed by atoms with Crippen LogP contribution in [0.25, 0.3) is 0 Å². The van der Waals surface area contributed by atoms with Crippen molar-refractivity contribution in [1.82, 2.24) is 9.96 Å². The van der Waals surface area contributed by atoms with Crippen molar-refractivity contribution in [2.24, 2.45) is 0 Å². The number of allylic oxidation sites excluding steroid dienone is 2. The highest BCUT2D eigenvalue weighted by Gasteiger charge is 2.12. The van der Waals surface area contributed by atoms with Crippen molar-refractivity contribution in [3.05, 3.63) is 25.3 Å². The number of nitrogens with zero attached hydrogens (tertiary/aromatic N) is 2. The fourth-order valence-corrected chi connectivity index (χ4v) is 3.19. The number of unbranched alkanes of at least 4 members (excludes halogenated alkanes) is 12. The van der Waals surface area contributed by atoms with Crippen LogP contribution in [0.2, 0.25) is 0 Å². The minimum atomic E-state index is -0.117. The molecule has 0 radical (unpaired) electrons. The summed E-state index contributed by atoms with van der Waals surface area (Å²) >= 11 is 0. The van der Waals surface area contributed by atoms with Gasteiger partial charge in [0, 0.05) is 26.9 Å². The van der Waals surface area contributed by atoms with Crippen LogP contribution in [0.3, 0.4) is 0 Å². The predicted molar refractivity (Wildman–Crippen MR) is 127 cm³/mol. The van der Waals surface area contributed by atoms with Crippen LogP contribution in [-0.4, -0.2) is 42.6 Å². The van der Waals surface area contributed by atoms with E-state index in [1.165, 1.54) is 50.5 Å². The Morgan fingerprint density at radius 1 is 0.677 bits per heavy atom. The zero-order chi connectivity index (χ0) is 23.2. The zero-order valence-corrected chi connectivity index (χ0v) is 20.1. The first-order valence-electron chi connectivity index (χ1n) is 12.0. The number of hydroxylamine groups is 2. The fraction of sp³-hybridized carbons (Fsp3) is 0.760. The van der Waals surface area contributed by atoms with E-state index in [9.17, 15) is 9.59 Å². The van der Waals surface area contributed by atoms with Gasteiger partial charge in [-0.25, -0.2) is 0 Å². The predicted octanol–water partition coefficient (Wildman–Crippen LogP) is 6.34. The van der Waals surface area contributed by atoms with Gasteiger partial charge in [-0.15, -0.1) is 18.1 Å². The Morgan fingerprint density at radius 2 is 1.10 bits per heavy atom. The fourth-order valence-electron chi connectivity index (χ4n) is 3.19. The van der Waals surface area contributed by atoms with Crippen LogP contribution >= 0.6 is 0 Å². The maximum absolute atomic E-state index is 12.1. The van der Waals surface area contributed by atoms with Gasteiger partial charge in [0.25, 0.3) is 0 Å². The summed E-state index contributed by atoms with van der Waals surface area (Å²) < 4.78 is 0. The van der Waals surface area contributed by atoms with Crippen molar-refractivity contribution < 1.29 is 19.5 Å². The molecule has 0 fully saturated rings. The molecule has 0 heterocycles. The van der Waals surface area contributed by atoms with Gasteiger partial charge in [0.2, 0.25) is 11.8 Å².